The summed E-state index contributed by atoms with van der Waals surface area (Å²) in [5.41, 5.74) is 0.231. The van der Waals surface area contributed by atoms with E-state index < -0.39 is 11.8 Å². The zero-order chi connectivity index (χ0) is 11.9. The summed E-state index contributed by atoms with van der Waals surface area (Å²) in [7, 11) is 1.62. The van der Waals surface area contributed by atoms with Crippen molar-refractivity contribution in [2.24, 2.45) is 0 Å². The molecule has 2 unspecified atom stereocenters. The highest BCUT2D eigenvalue weighted by Crippen LogP contribution is 2.45. The molecule has 3 rings (SSSR count). The smallest absolute Gasteiger partial charge is 0.163 e. The predicted molar refractivity (Wildman–Crippen MR) is 60.4 cm³/mol. The highest BCUT2D eigenvalue weighted by Gasteiger charge is 2.49. The van der Waals surface area contributed by atoms with Crippen LogP contribution in [0.15, 0.2) is 18.2 Å². The molecule has 1 spiro atoms. The number of hydrogen-bond donors (Lipinski definition) is 0. The fraction of sp³-hybridized carbons (Fsp3) is 0.538. The van der Waals surface area contributed by atoms with E-state index in [-0.39, 0.29) is 6.61 Å². The van der Waals surface area contributed by atoms with E-state index >= 15 is 0 Å². The lowest BCUT2D eigenvalue weighted by Crippen LogP contribution is -2.50. The fourth-order valence-corrected chi connectivity index (χ4v) is 2.62. The van der Waals surface area contributed by atoms with Crippen molar-refractivity contribution in [3.63, 3.8) is 0 Å². The van der Waals surface area contributed by atoms with Crippen molar-refractivity contribution in [1.29, 1.82) is 0 Å². The maximum atomic E-state index is 14.1. The summed E-state index contributed by atoms with van der Waals surface area (Å²) >= 11 is 0. The summed E-state index contributed by atoms with van der Waals surface area (Å²) in [4.78, 5) is 0. The molecule has 0 aromatic heterocycles. The van der Waals surface area contributed by atoms with Crippen molar-refractivity contribution in [2.45, 2.75) is 24.6 Å². The number of benzene rings is 1. The van der Waals surface area contributed by atoms with Crippen LogP contribution in [-0.4, -0.2) is 32.1 Å². The molecule has 2 atom stereocenters. The van der Waals surface area contributed by atoms with E-state index in [1.807, 2.05) is 18.2 Å². The van der Waals surface area contributed by atoms with Crippen LogP contribution in [0, 0.1) is 0 Å². The van der Waals surface area contributed by atoms with Gasteiger partial charge in [0, 0.05) is 18.4 Å². The van der Waals surface area contributed by atoms with Crippen LogP contribution in [-0.2, 0) is 11.2 Å². The van der Waals surface area contributed by atoms with E-state index in [9.17, 15) is 4.39 Å². The first-order chi connectivity index (χ1) is 8.25. The van der Waals surface area contributed by atoms with Gasteiger partial charge in [-0.2, -0.15) is 0 Å². The maximum absolute atomic E-state index is 14.1. The molecule has 1 aromatic carbocycles. The lowest BCUT2D eigenvalue weighted by molar-refractivity contribution is -0.0954. The summed E-state index contributed by atoms with van der Waals surface area (Å²) in [5.74, 6) is 1.52. The Labute approximate surface area is 99.5 Å². The van der Waals surface area contributed by atoms with E-state index in [4.69, 9.17) is 14.2 Å². The van der Waals surface area contributed by atoms with E-state index in [2.05, 4.69) is 0 Å². The van der Waals surface area contributed by atoms with Crippen LogP contribution >= 0.6 is 0 Å². The minimum Gasteiger partial charge on any atom is -0.496 e. The molecule has 0 N–H and O–H groups in total. The topological polar surface area (TPSA) is 27.7 Å². The van der Waals surface area contributed by atoms with Gasteiger partial charge >= 0.3 is 0 Å². The van der Waals surface area contributed by atoms with E-state index in [0.29, 0.717) is 19.4 Å². The van der Waals surface area contributed by atoms with Crippen LogP contribution in [0.3, 0.4) is 0 Å². The Kier molecular flexibility index (Phi) is 2.47. The summed E-state index contributed by atoms with van der Waals surface area (Å²) in [6, 6.07) is 5.62. The normalized spacial score (nSPS) is 31.1. The standard InChI is InChI=1S/C13H15FO3/c1-15-10-3-2-4-11-9(10)7-13(17-11)5-6-16-8-12(13)14/h2-4,12H,5-8H2,1H3. The molecule has 0 aliphatic carbocycles. The van der Waals surface area contributed by atoms with Gasteiger partial charge in [-0.05, 0) is 12.1 Å². The van der Waals surface area contributed by atoms with Crippen LogP contribution in [0.25, 0.3) is 0 Å². The van der Waals surface area contributed by atoms with E-state index in [1.165, 1.54) is 0 Å². The number of alkyl halides is 1. The Morgan fingerprint density at radius 2 is 2.35 bits per heavy atom. The SMILES string of the molecule is COc1cccc2c1CC1(CCOCC1F)O2. The van der Waals surface area contributed by atoms with Gasteiger partial charge in [-0.1, -0.05) is 6.07 Å². The number of rotatable bonds is 1. The molecule has 0 amide bonds. The van der Waals surface area contributed by atoms with Crippen molar-refractivity contribution < 1.29 is 18.6 Å². The molecule has 0 bridgehead atoms. The van der Waals surface area contributed by atoms with Crippen molar-refractivity contribution in [1.82, 2.24) is 0 Å². The highest BCUT2D eigenvalue weighted by molar-refractivity contribution is 5.49. The van der Waals surface area contributed by atoms with Gasteiger partial charge in [-0.3, -0.25) is 0 Å². The molecule has 4 heteroatoms. The molecular weight excluding hydrogens is 223 g/mol. The maximum Gasteiger partial charge on any atom is 0.163 e. The van der Waals surface area contributed by atoms with Crippen molar-refractivity contribution in [2.75, 3.05) is 20.3 Å². The fourth-order valence-electron chi connectivity index (χ4n) is 2.62. The zero-order valence-corrected chi connectivity index (χ0v) is 9.74. The molecular formula is C13H15FO3. The lowest BCUT2D eigenvalue weighted by Gasteiger charge is -2.35. The minimum absolute atomic E-state index is 0.121. The van der Waals surface area contributed by atoms with Crippen LogP contribution in [0.2, 0.25) is 0 Å². The minimum atomic E-state index is -1.08. The van der Waals surface area contributed by atoms with E-state index in [0.717, 1.165) is 17.1 Å². The second kappa shape index (κ2) is 3.88. The summed E-state index contributed by atoms with van der Waals surface area (Å²) < 4.78 is 30.3. The van der Waals surface area contributed by atoms with Crippen LogP contribution in [0.4, 0.5) is 4.39 Å². The van der Waals surface area contributed by atoms with Gasteiger partial charge in [0.1, 0.15) is 17.1 Å². The average Bonchev–Trinajstić information content (AvgIpc) is 2.72. The first-order valence-electron chi connectivity index (χ1n) is 5.82. The largest absolute Gasteiger partial charge is 0.496 e. The number of fused-ring (bicyclic) bond motifs is 1. The molecule has 2 aliphatic heterocycles. The van der Waals surface area contributed by atoms with Crippen molar-refractivity contribution in [3.05, 3.63) is 23.8 Å². The quantitative estimate of drug-likeness (QED) is 0.750. The van der Waals surface area contributed by atoms with Gasteiger partial charge < -0.3 is 14.2 Å². The molecule has 17 heavy (non-hydrogen) atoms. The molecule has 3 nitrogen and oxygen atoms in total. The zero-order valence-electron chi connectivity index (χ0n) is 9.74. The molecule has 2 aliphatic rings. The molecule has 92 valence electrons. The monoisotopic (exact) mass is 238 g/mol. The number of halogens is 1. The highest BCUT2D eigenvalue weighted by atomic mass is 19.1. The Morgan fingerprint density at radius 3 is 3.12 bits per heavy atom. The molecule has 0 radical (unpaired) electrons. The van der Waals surface area contributed by atoms with Gasteiger partial charge in [-0.15, -0.1) is 0 Å². The average molecular weight is 238 g/mol. The van der Waals surface area contributed by atoms with Crippen molar-refractivity contribution in [3.8, 4) is 11.5 Å². The molecule has 1 saturated heterocycles. The third-order valence-corrected chi connectivity index (χ3v) is 3.60. The Balaban J connectivity index is 1.96. The molecule has 0 saturated carbocycles. The summed E-state index contributed by atoms with van der Waals surface area (Å²) in [6.07, 6.45) is 0.0800. The van der Waals surface area contributed by atoms with Crippen LogP contribution < -0.4 is 9.47 Å². The van der Waals surface area contributed by atoms with Gasteiger partial charge in [0.2, 0.25) is 0 Å². The lowest BCUT2D eigenvalue weighted by atomic mass is 9.87. The first-order valence-corrected chi connectivity index (χ1v) is 5.82. The Morgan fingerprint density at radius 1 is 1.47 bits per heavy atom. The Bertz CT molecular complexity index is 435. The van der Waals surface area contributed by atoms with Gasteiger partial charge in [0.25, 0.3) is 0 Å². The van der Waals surface area contributed by atoms with Crippen LogP contribution in [0.1, 0.15) is 12.0 Å². The molecule has 2 heterocycles. The molecule has 1 fully saturated rings. The van der Waals surface area contributed by atoms with Crippen molar-refractivity contribution >= 4 is 0 Å². The van der Waals surface area contributed by atoms with Crippen LogP contribution in [0.5, 0.6) is 11.5 Å². The van der Waals surface area contributed by atoms with Gasteiger partial charge in [-0.25, -0.2) is 4.39 Å². The number of hydrogen-bond acceptors (Lipinski definition) is 3. The van der Waals surface area contributed by atoms with Gasteiger partial charge in [0.05, 0.1) is 20.3 Å². The van der Waals surface area contributed by atoms with Gasteiger partial charge in [0.15, 0.2) is 6.17 Å². The third-order valence-electron chi connectivity index (χ3n) is 3.60. The predicted octanol–water partition coefficient (Wildman–Crippen LogP) is 2.13. The van der Waals surface area contributed by atoms with E-state index in [1.54, 1.807) is 7.11 Å². The molecule has 1 aromatic rings. The summed E-state index contributed by atoms with van der Waals surface area (Å²) in [5, 5.41) is 0. The third kappa shape index (κ3) is 1.59. The Hall–Kier alpha value is -1.29. The second-order valence-corrected chi connectivity index (χ2v) is 4.57. The number of ether oxygens (including phenoxy) is 3. The first kappa shape index (κ1) is 10.8. The number of methoxy groups -OCH3 is 1. The summed E-state index contributed by atoms with van der Waals surface area (Å²) in [6.45, 7) is 0.674. The second-order valence-electron chi connectivity index (χ2n) is 4.57.